The van der Waals surface area contributed by atoms with Gasteiger partial charge < -0.3 is 10.1 Å². The summed E-state index contributed by atoms with van der Waals surface area (Å²) in [6.07, 6.45) is 9.33. The summed E-state index contributed by atoms with van der Waals surface area (Å²) in [5.41, 5.74) is 1.22. The number of ether oxygens (including phenoxy) is 1. The van der Waals surface area contributed by atoms with Crippen LogP contribution in [0.2, 0.25) is 0 Å². The summed E-state index contributed by atoms with van der Waals surface area (Å²) in [5.74, 6) is 1.00. The first-order valence-corrected chi connectivity index (χ1v) is 7.91. The minimum atomic E-state index is 0.236. The van der Waals surface area contributed by atoms with Crippen LogP contribution in [0.15, 0.2) is 34.8 Å². The highest BCUT2D eigenvalue weighted by Crippen LogP contribution is 2.26. The van der Waals surface area contributed by atoms with Gasteiger partial charge in [-0.05, 0) is 56.5 Å². The van der Waals surface area contributed by atoms with Crippen LogP contribution < -0.4 is 10.1 Å². The molecule has 0 aromatic heterocycles. The lowest BCUT2D eigenvalue weighted by atomic mass is 10.1. The van der Waals surface area contributed by atoms with Crippen LogP contribution in [0.25, 0.3) is 0 Å². The number of hydrogen-bond acceptors (Lipinski definition) is 2. The topological polar surface area (TPSA) is 21.3 Å². The highest BCUT2D eigenvalue weighted by atomic mass is 79.9. The minimum Gasteiger partial charge on any atom is -0.486 e. The molecule has 2 nitrogen and oxygen atoms in total. The molecule has 0 radical (unpaired) electrons. The van der Waals surface area contributed by atoms with Gasteiger partial charge in [0.2, 0.25) is 0 Å². The predicted octanol–water partition coefficient (Wildman–Crippen LogP) is 4.44. The van der Waals surface area contributed by atoms with Crippen LogP contribution in [0.1, 0.15) is 38.2 Å². The lowest BCUT2D eigenvalue weighted by molar-refractivity contribution is 0.227. The van der Waals surface area contributed by atoms with Gasteiger partial charge in [0, 0.05) is 16.6 Å². The van der Waals surface area contributed by atoms with Crippen LogP contribution in [0.3, 0.4) is 0 Å². The van der Waals surface area contributed by atoms with Crippen molar-refractivity contribution in [2.75, 3.05) is 6.54 Å². The first kappa shape index (κ1) is 14.6. The van der Waals surface area contributed by atoms with E-state index in [2.05, 4.69) is 52.5 Å². The van der Waals surface area contributed by atoms with Crippen molar-refractivity contribution in [3.8, 4) is 5.75 Å². The second kappa shape index (κ2) is 7.71. The third kappa shape index (κ3) is 4.66. The quantitative estimate of drug-likeness (QED) is 0.617. The van der Waals surface area contributed by atoms with Gasteiger partial charge in [-0.25, -0.2) is 0 Å². The molecule has 1 aromatic rings. The summed E-state index contributed by atoms with van der Waals surface area (Å²) in [7, 11) is 0. The third-order valence-corrected chi connectivity index (χ3v) is 3.75. The number of nitrogens with one attached hydrogen (secondary N) is 1. The van der Waals surface area contributed by atoms with Crippen molar-refractivity contribution < 1.29 is 4.74 Å². The molecule has 104 valence electrons. The number of rotatable bonds is 6. The Hall–Kier alpha value is -0.800. The first-order chi connectivity index (χ1) is 9.29. The Morgan fingerprint density at radius 1 is 1.42 bits per heavy atom. The molecule has 0 amide bonds. The van der Waals surface area contributed by atoms with Crippen molar-refractivity contribution in [2.24, 2.45) is 0 Å². The molecular formula is C16H22BrNO. The van der Waals surface area contributed by atoms with E-state index in [9.17, 15) is 0 Å². The normalized spacial score (nSPS) is 18.5. The SMILES string of the molecule is CCCNCc1cc(Br)ccc1OC1C=CCCC1. The molecule has 19 heavy (non-hydrogen) atoms. The van der Waals surface area contributed by atoms with Crippen LogP contribution in [0.4, 0.5) is 0 Å². The molecule has 0 fully saturated rings. The average molecular weight is 324 g/mol. The van der Waals surface area contributed by atoms with Crippen LogP contribution in [-0.4, -0.2) is 12.6 Å². The summed E-state index contributed by atoms with van der Waals surface area (Å²) < 4.78 is 7.23. The summed E-state index contributed by atoms with van der Waals surface area (Å²) in [6, 6.07) is 6.26. The predicted molar refractivity (Wildman–Crippen MR) is 83.5 cm³/mol. The van der Waals surface area contributed by atoms with E-state index in [-0.39, 0.29) is 6.10 Å². The maximum Gasteiger partial charge on any atom is 0.124 e. The summed E-state index contributed by atoms with van der Waals surface area (Å²) >= 11 is 3.53. The van der Waals surface area contributed by atoms with Gasteiger partial charge >= 0.3 is 0 Å². The zero-order valence-electron chi connectivity index (χ0n) is 11.5. The van der Waals surface area contributed by atoms with Crippen molar-refractivity contribution in [1.29, 1.82) is 0 Å². The highest BCUT2D eigenvalue weighted by molar-refractivity contribution is 9.10. The van der Waals surface area contributed by atoms with Gasteiger partial charge in [-0.15, -0.1) is 0 Å². The van der Waals surface area contributed by atoms with E-state index in [4.69, 9.17) is 4.74 Å². The van der Waals surface area contributed by atoms with Gasteiger partial charge in [-0.2, -0.15) is 0 Å². The van der Waals surface area contributed by atoms with Crippen LogP contribution in [0, 0.1) is 0 Å². The maximum absolute atomic E-state index is 6.12. The smallest absolute Gasteiger partial charge is 0.124 e. The molecule has 0 spiro atoms. The molecular weight excluding hydrogens is 302 g/mol. The fourth-order valence-corrected chi connectivity index (χ4v) is 2.65. The van der Waals surface area contributed by atoms with Gasteiger partial charge in [-0.3, -0.25) is 0 Å². The Morgan fingerprint density at radius 2 is 2.32 bits per heavy atom. The second-order valence-corrected chi connectivity index (χ2v) is 5.86. The lowest BCUT2D eigenvalue weighted by Gasteiger charge is -2.21. The van der Waals surface area contributed by atoms with Crippen LogP contribution in [0.5, 0.6) is 5.75 Å². The Balaban J connectivity index is 2.04. The van der Waals surface area contributed by atoms with Crippen molar-refractivity contribution in [2.45, 2.75) is 45.3 Å². The molecule has 2 rings (SSSR count). The molecule has 1 atom stereocenters. The van der Waals surface area contributed by atoms with E-state index in [1.165, 1.54) is 18.4 Å². The number of halogens is 1. The van der Waals surface area contributed by atoms with Gasteiger partial charge in [0.05, 0.1) is 0 Å². The molecule has 0 aliphatic heterocycles. The first-order valence-electron chi connectivity index (χ1n) is 7.12. The molecule has 1 aliphatic carbocycles. The second-order valence-electron chi connectivity index (χ2n) is 4.94. The fourth-order valence-electron chi connectivity index (χ4n) is 2.24. The average Bonchev–Trinajstić information content (AvgIpc) is 2.43. The maximum atomic E-state index is 6.12. The molecule has 0 saturated carbocycles. The van der Waals surface area contributed by atoms with Crippen LogP contribution in [-0.2, 0) is 6.54 Å². The Labute approximate surface area is 124 Å². The number of allylic oxidation sites excluding steroid dienone is 1. The molecule has 0 bridgehead atoms. The molecule has 0 heterocycles. The summed E-state index contributed by atoms with van der Waals surface area (Å²) in [5, 5.41) is 3.44. The van der Waals surface area contributed by atoms with Crippen molar-refractivity contribution in [3.63, 3.8) is 0 Å². The van der Waals surface area contributed by atoms with Crippen molar-refractivity contribution in [3.05, 3.63) is 40.4 Å². The number of benzene rings is 1. The van der Waals surface area contributed by atoms with Gasteiger partial charge in [-0.1, -0.05) is 28.9 Å². The van der Waals surface area contributed by atoms with E-state index < -0.39 is 0 Å². The van der Waals surface area contributed by atoms with Gasteiger partial charge in [0.15, 0.2) is 0 Å². The van der Waals surface area contributed by atoms with E-state index in [1.54, 1.807) is 0 Å². The van der Waals surface area contributed by atoms with E-state index in [0.717, 1.165) is 36.2 Å². The Kier molecular flexibility index (Phi) is 5.93. The molecule has 0 saturated heterocycles. The molecule has 1 N–H and O–H groups in total. The fraction of sp³-hybridized carbons (Fsp3) is 0.500. The molecule has 1 aliphatic rings. The minimum absolute atomic E-state index is 0.236. The highest BCUT2D eigenvalue weighted by Gasteiger charge is 2.12. The van der Waals surface area contributed by atoms with E-state index in [0.29, 0.717) is 0 Å². The monoisotopic (exact) mass is 323 g/mol. The zero-order valence-corrected chi connectivity index (χ0v) is 13.1. The molecule has 3 heteroatoms. The lowest BCUT2D eigenvalue weighted by Crippen LogP contribution is -2.19. The number of hydrogen-bond donors (Lipinski definition) is 1. The van der Waals surface area contributed by atoms with Gasteiger partial charge in [0.1, 0.15) is 11.9 Å². The molecule has 1 unspecified atom stereocenters. The summed E-state index contributed by atoms with van der Waals surface area (Å²) in [6.45, 7) is 4.08. The van der Waals surface area contributed by atoms with Crippen molar-refractivity contribution in [1.82, 2.24) is 5.32 Å². The zero-order chi connectivity index (χ0) is 13.5. The van der Waals surface area contributed by atoms with Gasteiger partial charge in [0.25, 0.3) is 0 Å². The summed E-state index contributed by atoms with van der Waals surface area (Å²) in [4.78, 5) is 0. The molecule has 1 aromatic carbocycles. The standard InChI is InChI=1S/C16H22BrNO/c1-2-10-18-12-13-11-14(17)8-9-16(13)19-15-6-4-3-5-7-15/h4,6,8-9,11,15,18H,2-3,5,7,10,12H2,1H3. The van der Waals surface area contributed by atoms with Crippen molar-refractivity contribution >= 4 is 15.9 Å². The van der Waals surface area contributed by atoms with E-state index >= 15 is 0 Å². The third-order valence-electron chi connectivity index (χ3n) is 3.25. The largest absolute Gasteiger partial charge is 0.486 e. The Bertz CT molecular complexity index is 431. The van der Waals surface area contributed by atoms with E-state index in [1.807, 2.05) is 6.07 Å². The Morgan fingerprint density at radius 3 is 3.05 bits per heavy atom. The van der Waals surface area contributed by atoms with Crippen LogP contribution >= 0.6 is 15.9 Å².